The smallest absolute Gasteiger partial charge is 0.368 e. The third kappa shape index (κ3) is 5.30. The minimum atomic E-state index is -3.21. The molecule has 0 N–H and O–H groups in total. The van der Waals surface area contributed by atoms with Crippen LogP contribution in [0.1, 0.15) is 49.5 Å². The molecule has 1 aromatic rings. The average Bonchev–Trinajstić information content (AvgIpc) is 2.66. The van der Waals surface area contributed by atoms with E-state index in [0.717, 1.165) is 11.3 Å². The Hall–Kier alpha value is -2.17. The van der Waals surface area contributed by atoms with Gasteiger partial charge in [0.1, 0.15) is 5.75 Å². The zero-order chi connectivity index (χ0) is 21.9. The monoisotopic (exact) mass is 420 g/mol. The first-order valence-electron chi connectivity index (χ1n) is 10.4. The van der Waals surface area contributed by atoms with Crippen molar-refractivity contribution in [1.29, 1.82) is 0 Å². The van der Waals surface area contributed by atoms with Crippen molar-refractivity contribution in [3.05, 3.63) is 29.3 Å². The van der Waals surface area contributed by atoms with Crippen molar-refractivity contribution >= 4 is 5.91 Å². The number of likely N-dealkylation sites (tertiary alicyclic amines) is 1. The van der Waals surface area contributed by atoms with Crippen LogP contribution in [0.5, 0.6) is 5.75 Å². The molecule has 0 bridgehead atoms. The molecule has 0 aromatic heterocycles. The number of alkyl halides is 2. The summed E-state index contributed by atoms with van der Waals surface area (Å²) in [4.78, 5) is 16.3. The topological polar surface area (TPSA) is 42.0 Å². The number of piperidine rings is 1. The summed E-state index contributed by atoms with van der Waals surface area (Å²) in [7, 11) is 0. The first-order valence-corrected chi connectivity index (χ1v) is 10.4. The van der Waals surface area contributed by atoms with E-state index >= 15 is 0 Å². The maximum Gasteiger partial charge on any atom is 0.368 e. The fourth-order valence-electron chi connectivity index (χ4n) is 4.14. The van der Waals surface area contributed by atoms with Gasteiger partial charge in [0.25, 0.3) is 5.91 Å². The predicted molar refractivity (Wildman–Crippen MR) is 111 cm³/mol. The van der Waals surface area contributed by atoms with E-state index in [1.165, 1.54) is 0 Å². The fourth-order valence-corrected chi connectivity index (χ4v) is 4.14. The molecule has 164 valence electrons. The van der Waals surface area contributed by atoms with E-state index in [0.29, 0.717) is 44.6 Å². The van der Waals surface area contributed by atoms with Crippen molar-refractivity contribution < 1.29 is 23.0 Å². The second kappa shape index (κ2) is 8.91. The molecule has 2 aliphatic heterocycles. The second-order valence-electron chi connectivity index (χ2n) is 8.43. The van der Waals surface area contributed by atoms with Gasteiger partial charge in [-0.25, -0.2) is 0 Å². The van der Waals surface area contributed by atoms with Gasteiger partial charge in [0, 0.05) is 25.2 Å². The lowest BCUT2D eigenvalue weighted by atomic mass is 9.88. The number of rotatable bonds is 4. The Kier molecular flexibility index (Phi) is 6.68. The summed E-state index contributed by atoms with van der Waals surface area (Å²) >= 11 is 0. The zero-order valence-corrected chi connectivity index (χ0v) is 18.1. The van der Waals surface area contributed by atoms with E-state index < -0.39 is 18.3 Å². The summed E-state index contributed by atoms with van der Waals surface area (Å²) in [6.45, 7) is 8.52. The average molecular weight is 421 g/mol. The Bertz CT molecular complexity index is 837. The van der Waals surface area contributed by atoms with Crippen molar-refractivity contribution in [3.8, 4) is 17.6 Å². The minimum Gasteiger partial charge on any atom is -0.491 e. The van der Waals surface area contributed by atoms with Gasteiger partial charge in [-0.2, -0.15) is 8.78 Å². The van der Waals surface area contributed by atoms with Gasteiger partial charge in [0.05, 0.1) is 24.8 Å². The first kappa shape index (κ1) is 22.5. The number of carbonyl (C=O) groups excluding carboxylic acids is 1. The third-order valence-corrected chi connectivity index (χ3v) is 5.51. The molecule has 0 saturated carbocycles. The molecule has 30 heavy (non-hydrogen) atoms. The van der Waals surface area contributed by atoms with Crippen molar-refractivity contribution in [2.45, 2.75) is 58.4 Å². The molecule has 1 amide bonds. The van der Waals surface area contributed by atoms with Crippen molar-refractivity contribution in [2.24, 2.45) is 0 Å². The van der Waals surface area contributed by atoms with Crippen molar-refractivity contribution in [1.82, 2.24) is 9.80 Å². The number of nitrogens with zero attached hydrogens (tertiary/aromatic N) is 2. The van der Waals surface area contributed by atoms with Gasteiger partial charge in [-0.15, -0.1) is 5.92 Å². The van der Waals surface area contributed by atoms with Crippen LogP contribution < -0.4 is 4.74 Å². The molecule has 3 rings (SSSR count). The maximum absolute atomic E-state index is 14.2. The summed E-state index contributed by atoms with van der Waals surface area (Å²) in [6, 6.07) is 5.39. The normalized spacial score (nSPS) is 20.7. The molecule has 0 aliphatic carbocycles. The Balaban J connectivity index is 1.66. The summed E-state index contributed by atoms with van der Waals surface area (Å²) < 4.78 is 39.4. The molecule has 2 aliphatic rings. The lowest BCUT2D eigenvalue weighted by Gasteiger charge is -2.49. The number of carbonyl (C=O) groups is 1. The lowest BCUT2D eigenvalue weighted by molar-refractivity contribution is -0.335. The SMILES string of the molecule is CC#CCN1CC(F)(F)OC2(CCN(C(=O)c3ccc(OC(C)C)c(C)c3)CC2)C1. The Labute approximate surface area is 177 Å². The zero-order valence-electron chi connectivity index (χ0n) is 18.1. The molecule has 0 atom stereocenters. The van der Waals surface area contributed by atoms with Crippen LogP contribution in [-0.4, -0.2) is 66.2 Å². The highest BCUT2D eigenvalue weighted by Crippen LogP contribution is 2.38. The molecular formula is C23H30F2N2O3. The number of morpholine rings is 1. The van der Waals surface area contributed by atoms with E-state index in [-0.39, 0.29) is 12.0 Å². The summed E-state index contributed by atoms with van der Waals surface area (Å²) in [5, 5.41) is 0. The second-order valence-corrected chi connectivity index (χ2v) is 8.43. The van der Waals surface area contributed by atoms with Gasteiger partial charge in [-0.05, 0) is 64.3 Å². The third-order valence-electron chi connectivity index (χ3n) is 5.51. The van der Waals surface area contributed by atoms with Crippen LogP contribution in [0.3, 0.4) is 0 Å². The fraction of sp³-hybridized carbons (Fsp3) is 0.609. The van der Waals surface area contributed by atoms with E-state index in [1.54, 1.807) is 22.8 Å². The van der Waals surface area contributed by atoms with Crippen molar-refractivity contribution in [3.63, 3.8) is 0 Å². The highest BCUT2D eigenvalue weighted by Gasteiger charge is 2.51. The van der Waals surface area contributed by atoms with Gasteiger partial charge in [-0.1, -0.05) is 5.92 Å². The molecule has 2 saturated heterocycles. The highest BCUT2D eigenvalue weighted by molar-refractivity contribution is 5.94. The first-order chi connectivity index (χ1) is 14.1. The Morgan fingerprint density at radius 1 is 1.27 bits per heavy atom. The van der Waals surface area contributed by atoms with Crippen LogP contribution in [0.2, 0.25) is 0 Å². The Morgan fingerprint density at radius 2 is 1.97 bits per heavy atom. The van der Waals surface area contributed by atoms with Gasteiger partial charge in [0.15, 0.2) is 0 Å². The number of halogens is 2. The molecule has 1 aromatic carbocycles. The molecule has 1 spiro atoms. The van der Waals surface area contributed by atoms with Gasteiger partial charge in [-0.3, -0.25) is 9.69 Å². The predicted octanol–water partition coefficient (Wildman–Crippen LogP) is 3.71. The molecular weight excluding hydrogens is 390 g/mol. The molecule has 2 heterocycles. The number of ether oxygens (including phenoxy) is 2. The van der Waals surface area contributed by atoms with E-state index in [1.807, 2.05) is 32.9 Å². The number of hydrogen-bond acceptors (Lipinski definition) is 4. The largest absolute Gasteiger partial charge is 0.491 e. The van der Waals surface area contributed by atoms with Crippen molar-refractivity contribution in [2.75, 3.05) is 32.7 Å². The van der Waals surface area contributed by atoms with Crippen LogP contribution in [0, 0.1) is 18.8 Å². The molecule has 2 fully saturated rings. The number of amides is 1. The van der Waals surface area contributed by atoms with Gasteiger partial charge < -0.3 is 14.4 Å². The summed E-state index contributed by atoms with van der Waals surface area (Å²) in [5.41, 5.74) is 0.527. The van der Waals surface area contributed by atoms with Gasteiger partial charge in [0.2, 0.25) is 0 Å². The summed E-state index contributed by atoms with van der Waals surface area (Å²) in [5.74, 6) is 6.27. The highest BCUT2D eigenvalue weighted by atomic mass is 19.3. The Morgan fingerprint density at radius 3 is 2.57 bits per heavy atom. The summed E-state index contributed by atoms with van der Waals surface area (Å²) in [6.07, 6.45) is -2.40. The standard InChI is InChI=1S/C23H30F2N2O3/c1-5-6-11-26-15-22(30-23(24,25)16-26)9-12-27(13-10-22)21(28)19-7-8-20(18(4)14-19)29-17(2)3/h7-8,14,17H,9-13,15-16H2,1-4H3. The molecule has 0 unspecified atom stereocenters. The minimum absolute atomic E-state index is 0.0556. The molecule has 7 heteroatoms. The van der Waals surface area contributed by atoms with Crippen LogP contribution in [0.25, 0.3) is 0 Å². The van der Waals surface area contributed by atoms with Crippen LogP contribution >= 0.6 is 0 Å². The van der Waals surface area contributed by atoms with Crippen LogP contribution in [0.4, 0.5) is 8.78 Å². The number of benzene rings is 1. The van der Waals surface area contributed by atoms with E-state index in [4.69, 9.17) is 9.47 Å². The van der Waals surface area contributed by atoms with E-state index in [2.05, 4.69) is 11.8 Å². The van der Waals surface area contributed by atoms with Crippen LogP contribution in [-0.2, 0) is 4.74 Å². The van der Waals surface area contributed by atoms with Crippen LogP contribution in [0.15, 0.2) is 18.2 Å². The lowest BCUT2D eigenvalue weighted by Crippen LogP contribution is -2.62. The van der Waals surface area contributed by atoms with Gasteiger partial charge >= 0.3 is 6.11 Å². The molecule has 0 radical (unpaired) electrons. The molecule has 5 nitrogen and oxygen atoms in total. The number of aryl methyl sites for hydroxylation is 1. The number of hydrogen-bond donors (Lipinski definition) is 0. The quantitative estimate of drug-likeness (QED) is 0.697. The van der Waals surface area contributed by atoms with E-state index in [9.17, 15) is 13.6 Å². The maximum atomic E-state index is 14.2.